The molecule has 4 rings (SSSR count). The number of aromatic nitrogens is 1. The Morgan fingerprint density at radius 2 is 1.79 bits per heavy atom. The lowest BCUT2D eigenvalue weighted by Gasteiger charge is -2.40. The van der Waals surface area contributed by atoms with Crippen LogP contribution in [0.15, 0.2) is 53.7 Å². The average Bonchev–Trinajstić information content (AvgIpc) is 2.79. The maximum Gasteiger partial charge on any atom is 0.253 e. The van der Waals surface area contributed by atoms with Gasteiger partial charge in [-0.3, -0.25) is 9.69 Å². The molecule has 1 aromatic heterocycles. The van der Waals surface area contributed by atoms with Crippen LogP contribution in [0.25, 0.3) is 0 Å². The molecule has 0 unspecified atom stereocenters. The Morgan fingerprint density at radius 1 is 1.04 bits per heavy atom. The predicted octanol–water partition coefficient (Wildman–Crippen LogP) is 3.31. The van der Waals surface area contributed by atoms with Crippen molar-refractivity contribution in [2.45, 2.75) is 29.7 Å². The molecule has 3 heterocycles. The molecule has 0 N–H and O–H groups in total. The molecule has 2 fully saturated rings. The van der Waals surface area contributed by atoms with Gasteiger partial charge in [-0.25, -0.2) is 4.98 Å². The number of ether oxygens (including phenoxy) is 1. The highest BCUT2D eigenvalue weighted by molar-refractivity contribution is 7.98. The van der Waals surface area contributed by atoms with Crippen LogP contribution in [-0.4, -0.2) is 66.1 Å². The highest BCUT2D eigenvalue weighted by Gasteiger charge is 2.27. The van der Waals surface area contributed by atoms with Crippen molar-refractivity contribution in [1.29, 1.82) is 0 Å². The number of piperazine rings is 1. The zero-order valence-electron chi connectivity index (χ0n) is 16.1. The molecule has 28 heavy (non-hydrogen) atoms. The minimum atomic E-state index is 0.149. The molecular formula is C22H27N3O2S. The van der Waals surface area contributed by atoms with Crippen LogP contribution < -0.4 is 0 Å². The van der Waals surface area contributed by atoms with Crippen molar-refractivity contribution in [3.8, 4) is 0 Å². The summed E-state index contributed by atoms with van der Waals surface area (Å²) >= 11 is 1.71. The number of amides is 1. The molecule has 0 radical (unpaired) electrons. The summed E-state index contributed by atoms with van der Waals surface area (Å²) in [7, 11) is 0. The zero-order valence-corrected chi connectivity index (χ0v) is 16.9. The van der Waals surface area contributed by atoms with Crippen LogP contribution in [0.3, 0.4) is 0 Å². The Balaban J connectivity index is 1.27. The highest BCUT2D eigenvalue weighted by Crippen LogP contribution is 2.21. The molecule has 2 aromatic rings. The molecule has 0 aliphatic carbocycles. The second-order valence-corrected chi connectivity index (χ2v) is 8.32. The molecule has 5 nitrogen and oxygen atoms in total. The summed E-state index contributed by atoms with van der Waals surface area (Å²) < 4.78 is 5.46. The lowest BCUT2D eigenvalue weighted by atomic mass is 10.1. The number of hydrogen-bond donors (Lipinski definition) is 0. The van der Waals surface area contributed by atoms with Gasteiger partial charge in [-0.15, -0.1) is 11.8 Å². The minimum absolute atomic E-state index is 0.149. The van der Waals surface area contributed by atoms with E-state index in [-0.39, 0.29) is 5.91 Å². The van der Waals surface area contributed by atoms with E-state index in [4.69, 9.17) is 4.74 Å². The van der Waals surface area contributed by atoms with E-state index in [1.807, 2.05) is 41.4 Å². The van der Waals surface area contributed by atoms with Gasteiger partial charge in [0.15, 0.2) is 0 Å². The van der Waals surface area contributed by atoms with Crippen molar-refractivity contribution in [1.82, 2.24) is 14.8 Å². The van der Waals surface area contributed by atoms with Gasteiger partial charge in [-0.2, -0.15) is 0 Å². The van der Waals surface area contributed by atoms with E-state index in [9.17, 15) is 4.79 Å². The SMILES string of the molecule is O=C(c1ccc(CSc2ccccn2)cc1)N1CCN(C2CCOCC2)CC1. The first-order valence-corrected chi connectivity index (χ1v) is 11.0. The van der Waals surface area contributed by atoms with Gasteiger partial charge in [0.2, 0.25) is 0 Å². The number of hydrogen-bond acceptors (Lipinski definition) is 5. The maximum absolute atomic E-state index is 12.8. The van der Waals surface area contributed by atoms with Crippen molar-refractivity contribution in [2.75, 3.05) is 39.4 Å². The monoisotopic (exact) mass is 397 g/mol. The fraction of sp³-hybridized carbons (Fsp3) is 0.455. The second-order valence-electron chi connectivity index (χ2n) is 7.33. The van der Waals surface area contributed by atoms with E-state index in [2.05, 4.69) is 22.0 Å². The first-order chi connectivity index (χ1) is 13.8. The Bertz CT molecular complexity index is 755. The summed E-state index contributed by atoms with van der Waals surface area (Å²) in [5.74, 6) is 1.01. The van der Waals surface area contributed by atoms with Crippen molar-refractivity contribution in [2.24, 2.45) is 0 Å². The van der Waals surface area contributed by atoms with Crippen molar-refractivity contribution in [3.63, 3.8) is 0 Å². The van der Waals surface area contributed by atoms with Gasteiger partial charge in [0.25, 0.3) is 5.91 Å². The molecular weight excluding hydrogens is 370 g/mol. The smallest absolute Gasteiger partial charge is 0.253 e. The summed E-state index contributed by atoms with van der Waals surface area (Å²) in [4.78, 5) is 21.7. The number of benzene rings is 1. The Kier molecular flexibility index (Phi) is 6.62. The van der Waals surface area contributed by atoms with Crippen molar-refractivity contribution < 1.29 is 9.53 Å². The molecule has 0 spiro atoms. The quantitative estimate of drug-likeness (QED) is 0.725. The van der Waals surface area contributed by atoms with E-state index >= 15 is 0 Å². The van der Waals surface area contributed by atoms with E-state index in [0.717, 1.165) is 68.6 Å². The topological polar surface area (TPSA) is 45.7 Å². The van der Waals surface area contributed by atoms with Crippen LogP contribution >= 0.6 is 11.8 Å². The van der Waals surface area contributed by atoms with Crippen LogP contribution in [0.5, 0.6) is 0 Å². The third-order valence-corrected chi connectivity index (χ3v) is 6.55. The first kappa shape index (κ1) is 19.4. The summed E-state index contributed by atoms with van der Waals surface area (Å²) in [5.41, 5.74) is 1.99. The van der Waals surface area contributed by atoms with Crippen LogP contribution in [0.2, 0.25) is 0 Å². The van der Waals surface area contributed by atoms with E-state index in [0.29, 0.717) is 6.04 Å². The average molecular weight is 398 g/mol. The Hall–Kier alpha value is -1.89. The van der Waals surface area contributed by atoms with Crippen molar-refractivity contribution in [3.05, 3.63) is 59.8 Å². The highest BCUT2D eigenvalue weighted by atomic mass is 32.2. The second kappa shape index (κ2) is 9.54. The molecule has 0 saturated carbocycles. The normalized spacial score (nSPS) is 18.9. The van der Waals surface area contributed by atoms with E-state index < -0.39 is 0 Å². The lowest BCUT2D eigenvalue weighted by Crippen LogP contribution is -2.53. The van der Waals surface area contributed by atoms with Gasteiger partial charge in [-0.05, 0) is 42.7 Å². The molecule has 0 atom stereocenters. The van der Waals surface area contributed by atoms with Gasteiger partial charge in [-0.1, -0.05) is 18.2 Å². The van der Waals surface area contributed by atoms with Crippen LogP contribution in [0, 0.1) is 0 Å². The molecule has 148 valence electrons. The third kappa shape index (κ3) is 4.93. The first-order valence-electron chi connectivity index (χ1n) is 10.0. The standard InChI is InChI=1S/C22H27N3O2S/c26-22(25-13-11-24(12-14-25)20-8-15-27-16-9-20)19-6-4-18(5-7-19)17-28-21-3-1-2-10-23-21/h1-7,10,20H,8-9,11-17H2. The molecule has 2 aliphatic rings. The van der Waals surface area contributed by atoms with Gasteiger partial charge < -0.3 is 9.64 Å². The lowest BCUT2D eigenvalue weighted by molar-refractivity contribution is 0.0137. The summed E-state index contributed by atoms with van der Waals surface area (Å²) in [6.45, 7) is 5.30. The summed E-state index contributed by atoms with van der Waals surface area (Å²) in [5, 5.41) is 1.02. The number of rotatable bonds is 5. The Labute approximate surface area is 171 Å². The van der Waals surface area contributed by atoms with Gasteiger partial charge >= 0.3 is 0 Å². The fourth-order valence-electron chi connectivity index (χ4n) is 3.86. The van der Waals surface area contributed by atoms with E-state index in [1.54, 1.807) is 11.8 Å². The van der Waals surface area contributed by atoms with E-state index in [1.165, 1.54) is 5.56 Å². The summed E-state index contributed by atoms with van der Waals surface area (Å²) in [6.07, 6.45) is 4.05. The zero-order chi connectivity index (χ0) is 19.2. The minimum Gasteiger partial charge on any atom is -0.381 e. The van der Waals surface area contributed by atoms with Crippen LogP contribution in [-0.2, 0) is 10.5 Å². The predicted molar refractivity (Wildman–Crippen MR) is 112 cm³/mol. The number of pyridine rings is 1. The molecule has 1 aromatic carbocycles. The molecule has 2 aliphatic heterocycles. The fourth-order valence-corrected chi connectivity index (χ4v) is 4.67. The Morgan fingerprint density at radius 3 is 2.46 bits per heavy atom. The third-order valence-electron chi connectivity index (χ3n) is 5.53. The molecule has 2 saturated heterocycles. The number of thioether (sulfide) groups is 1. The molecule has 1 amide bonds. The van der Waals surface area contributed by atoms with Gasteiger partial charge in [0, 0.05) is 62.9 Å². The molecule has 6 heteroatoms. The number of carbonyl (C=O) groups is 1. The van der Waals surface area contributed by atoms with Gasteiger partial charge in [0.1, 0.15) is 0 Å². The number of nitrogens with zero attached hydrogens (tertiary/aromatic N) is 3. The largest absolute Gasteiger partial charge is 0.381 e. The maximum atomic E-state index is 12.8. The van der Waals surface area contributed by atoms with Crippen LogP contribution in [0.1, 0.15) is 28.8 Å². The molecule has 0 bridgehead atoms. The summed E-state index contributed by atoms with van der Waals surface area (Å²) in [6, 6.07) is 14.6. The van der Waals surface area contributed by atoms with Crippen LogP contribution in [0.4, 0.5) is 0 Å². The number of carbonyl (C=O) groups excluding carboxylic acids is 1. The van der Waals surface area contributed by atoms with Crippen molar-refractivity contribution >= 4 is 17.7 Å². The van der Waals surface area contributed by atoms with Gasteiger partial charge in [0.05, 0.1) is 5.03 Å².